The molecule has 0 aromatic carbocycles. The predicted molar refractivity (Wildman–Crippen MR) is 55.0 cm³/mol. The Morgan fingerprint density at radius 2 is 2.40 bits per heavy atom. The molecule has 0 aliphatic heterocycles. The fraction of sp³-hybridized carbons (Fsp3) is 0.400. The fourth-order valence-corrected chi connectivity index (χ4v) is 0.925. The van der Waals surface area contributed by atoms with Gasteiger partial charge in [-0.15, -0.1) is 0 Å². The number of aromatic carboxylic acids is 1. The summed E-state index contributed by atoms with van der Waals surface area (Å²) in [6.07, 6.45) is 0.804. The Kier molecular flexibility index (Phi) is 4.05. The molecule has 1 heterocycles. The number of nitrogens with zero attached hydrogens (tertiary/aromatic N) is 1. The quantitative estimate of drug-likeness (QED) is 0.754. The lowest BCUT2D eigenvalue weighted by molar-refractivity contribution is 0.0689. The van der Waals surface area contributed by atoms with Gasteiger partial charge in [-0.3, -0.25) is 0 Å². The van der Waals surface area contributed by atoms with E-state index in [0.717, 1.165) is 6.42 Å². The highest BCUT2D eigenvalue weighted by Crippen LogP contribution is 2.07. The molecule has 0 aliphatic carbocycles. The maximum absolute atomic E-state index is 10.6. The molecule has 0 amide bonds. The number of pyridine rings is 1. The second-order valence-corrected chi connectivity index (χ2v) is 3.15. The number of carboxylic acid groups (broad SMARTS) is 1. The minimum absolute atomic E-state index is 0.0300. The third-order valence-corrected chi connectivity index (χ3v) is 1.91. The average molecular weight is 210 g/mol. The number of rotatable bonds is 5. The number of ether oxygens (including phenoxy) is 1. The van der Waals surface area contributed by atoms with Crippen LogP contribution in [-0.4, -0.2) is 28.7 Å². The van der Waals surface area contributed by atoms with Gasteiger partial charge in [0.2, 0.25) is 5.88 Å². The number of carbonyl (C=O) groups is 1. The molecule has 0 spiro atoms. The first-order valence-electron chi connectivity index (χ1n) is 4.72. The van der Waals surface area contributed by atoms with Crippen molar-refractivity contribution in [2.45, 2.75) is 19.4 Å². The van der Waals surface area contributed by atoms with Gasteiger partial charge < -0.3 is 15.6 Å². The zero-order chi connectivity index (χ0) is 11.3. The zero-order valence-corrected chi connectivity index (χ0v) is 8.51. The Morgan fingerprint density at radius 1 is 1.67 bits per heavy atom. The minimum atomic E-state index is -1.07. The third-order valence-electron chi connectivity index (χ3n) is 1.91. The summed E-state index contributed by atoms with van der Waals surface area (Å²) in [6.45, 7) is 2.29. The molecule has 0 radical (unpaired) electrons. The summed E-state index contributed by atoms with van der Waals surface area (Å²) in [7, 11) is 0. The first-order valence-corrected chi connectivity index (χ1v) is 4.72. The number of carboxylic acids is 1. The summed E-state index contributed by atoms with van der Waals surface area (Å²) in [5, 5.41) is 8.69. The van der Waals surface area contributed by atoms with Crippen molar-refractivity contribution < 1.29 is 14.6 Å². The van der Waals surface area contributed by atoms with E-state index in [1.165, 1.54) is 6.07 Å². The molecule has 5 heteroatoms. The van der Waals surface area contributed by atoms with Crippen LogP contribution >= 0.6 is 0 Å². The highest BCUT2D eigenvalue weighted by Gasteiger charge is 2.06. The molecule has 1 unspecified atom stereocenters. The SMILES string of the molecule is CCC(N)COc1cccc(C(=O)O)n1. The van der Waals surface area contributed by atoms with E-state index in [-0.39, 0.29) is 11.7 Å². The molecule has 5 nitrogen and oxygen atoms in total. The van der Waals surface area contributed by atoms with E-state index >= 15 is 0 Å². The summed E-state index contributed by atoms with van der Waals surface area (Å²) in [6, 6.07) is 4.55. The molecule has 0 saturated heterocycles. The number of hydrogen-bond donors (Lipinski definition) is 2. The lowest BCUT2D eigenvalue weighted by Crippen LogP contribution is -2.27. The molecule has 1 rings (SSSR count). The summed E-state index contributed by atoms with van der Waals surface area (Å²) < 4.78 is 5.25. The van der Waals surface area contributed by atoms with Crippen molar-refractivity contribution in [1.82, 2.24) is 4.98 Å². The van der Waals surface area contributed by atoms with E-state index in [0.29, 0.717) is 12.5 Å². The maximum Gasteiger partial charge on any atom is 0.354 e. The van der Waals surface area contributed by atoms with Gasteiger partial charge in [0, 0.05) is 12.1 Å². The van der Waals surface area contributed by atoms with Crippen molar-refractivity contribution in [3.63, 3.8) is 0 Å². The van der Waals surface area contributed by atoms with E-state index in [2.05, 4.69) is 4.98 Å². The van der Waals surface area contributed by atoms with E-state index < -0.39 is 5.97 Å². The number of nitrogens with two attached hydrogens (primary N) is 1. The van der Waals surface area contributed by atoms with Crippen LogP contribution in [0.5, 0.6) is 5.88 Å². The van der Waals surface area contributed by atoms with Crippen LogP contribution < -0.4 is 10.5 Å². The van der Waals surface area contributed by atoms with Crippen molar-refractivity contribution in [3.8, 4) is 5.88 Å². The Hall–Kier alpha value is -1.62. The van der Waals surface area contributed by atoms with Crippen LogP contribution in [0.1, 0.15) is 23.8 Å². The molecule has 15 heavy (non-hydrogen) atoms. The fourth-order valence-electron chi connectivity index (χ4n) is 0.925. The van der Waals surface area contributed by atoms with Gasteiger partial charge in [-0.1, -0.05) is 13.0 Å². The van der Waals surface area contributed by atoms with Gasteiger partial charge in [0.15, 0.2) is 5.69 Å². The van der Waals surface area contributed by atoms with Gasteiger partial charge in [0.25, 0.3) is 0 Å². The molecule has 0 aliphatic rings. The third kappa shape index (κ3) is 3.55. The predicted octanol–water partition coefficient (Wildman–Crippen LogP) is 0.896. The standard InChI is InChI=1S/C10H14N2O3/c1-2-7(11)6-15-9-5-3-4-8(12-9)10(13)14/h3-5,7H,2,6,11H2,1H3,(H,13,14). The van der Waals surface area contributed by atoms with E-state index in [4.69, 9.17) is 15.6 Å². The van der Waals surface area contributed by atoms with Crippen LogP contribution in [0.2, 0.25) is 0 Å². The molecule has 0 saturated carbocycles. The van der Waals surface area contributed by atoms with Gasteiger partial charge >= 0.3 is 5.97 Å². The Bertz CT molecular complexity index is 341. The summed E-state index contributed by atoms with van der Waals surface area (Å²) in [5.41, 5.74) is 5.62. The first-order chi connectivity index (χ1) is 7.13. The molecule has 1 aromatic rings. The van der Waals surface area contributed by atoms with Crippen molar-refractivity contribution in [2.75, 3.05) is 6.61 Å². The zero-order valence-electron chi connectivity index (χ0n) is 8.51. The van der Waals surface area contributed by atoms with Crippen molar-refractivity contribution in [1.29, 1.82) is 0 Å². The lowest BCUT2D eigenvalue weighted by atomic mass is 10.3. The van der Waals surface area contributed by atoms with Gasteiger partial charge in [-0.25, -0.2) is 9.78 Å². The van der Waals surface area contributed by atoms with E-state index in [1.54, 1.807) is 12.1 Å². The second-order valence-electron chi connectivity index (χ2n) is 3.15. The van der Waals surface area contributed by atoms with E-state index in [1.807, 2.05) is 6.92 Å². The smallest absolute Gasteiger partial charge is 0.354 e. The Labute approximate surface area is 87.9 Å². The van der Waals surface area contributed by atoms with Crippen LogP contribution in [0.3, 0.4) is 0 Å². The topological polar surface area (TPSA) is 85.4 Å². The molecule has 82 valence electrons. The van der Waals surface area contributed by atoms with Crippen LogP contribution in [0.4, 0.5) is 0 Å². The molecule has 1 aromatic heterocycles. The normalized spacial score (nSPS) is 12.1. The second kappa shape index (κ2) is 5.31. The first kappa shape index (κ1) is 11.5. The average Bonchev–Trinajstić information content (AvgIpc) is 2.26. The van der Waals surface area contributed by atoms with Gasteiger partial charge in [0.05, 0.1) is 0 Å². The van der Waals surface area contributed by atoms with Crippen molar-refractivity contribution >= 4 is 5.97 Å². The van der Waals surface area contributed by atoms with E-state index in [9.17, 15) is 4.79 Å². The lowest BCUT2D eigenvalue weighted by Gasteiger charge is -2.10. The van der Waals surface area contributed by atoms with Crippen LogP contribution in [0.15, 0.2) is 18.2 Å². The number of hydrogen-bond acceptors (Lipinski definition) is 4. The monoisotopic (exact) mass is 210 g/mol. The number of aromatic nitrogens is 1. The molecular weight excluding hydrogens is 196 g/mol. The van der Waals surface area contributed by atoms with Crippen LogP contribution in [0.25, 0.3) is 0 Å². The highest BCUT2D eigenvalue weighted by atomic mass is 16.5. The van der Waals surface area contributed by atoms with Crippen LogP contribution in [0, 0.1) is 0 Å². The summed E-state index contributed by atoms with van der Waals surface area (Å²) >= 11 is 0. The van der Waals surface area contributed by atoms with Crippen molar-refractivity contribution in [3.05, 3.63) is 23.9 Å². The maximum atomic E-state index is 10.6. The minimum Gasteiger partial charge on any atom is -0.477 e. The van der Waals surface area contributed by atoms with Crippen LogP contribution in [-0.2, 0) is 0 Å². The van der Waals surface area contributed by atoms with Crippen molar-refractivity contribution in [2.24, 2.45) is 5.73 Å². The van der Waals surface area contributed by atoms with Gasteiger partial charge in [0.1, 0.15) is 6.61 Å². The molecule has 1 atom stereocenters. The molecule has 0 fully saturated rings. The summed E-state index contributed by atoms with van der Waals surface area (Å²) in [4.78, 5) is 14.4. The Morgan fingerprint density at radius 3 is 3.00 bits per heavy atom. The molecule has 0 bridgehead atoms. The van der Waals surface area contributed by atoms with Gasteiger partial charge in [-0.05, 0) is 12.5 Å². The summed E-state index contributed by atoms with van der Waals surface area (Å²) in [5.74, 6) is -0.779. The molecule has 3 N–H and O–H groups in total. The molecular formula is C10H14N2O3. The van der Waals surface area contributed by atoms with Gasteiger partial charge in [-0.2, -0.15) is 0 Å². The largest absolute Gasteiger partial charge is 0.477 e. The highest BCUT2D eigenvalue weighted by molar-refractivity contribution is 5.85. The Balaban J connectivity index is 2.62.